The lowest BCUT2D eigenvalue weighted by molar-refractivity contribution is -0.124. The SMILES string of the molecule is CN1CC(=O)N[C@@H]2CN(C(=O)c3ccc4c(c3)CCCO4)CC[C@@H]2OCc2cc(F)cc(c2)Oc2cc(C(=O)NC3CCOCC3)cc(c2)C1=O. The Morgan fingerprint density at radius 1 is 0.941 bits per heavy atom. The largest absolute Gasteiger partial charge is 0.493 e. The molecule has 2 saturated heterocycles. The molecule has 0 spiro atoms. The molecule has 4 amide bonds. The van der Waals surface area contributed by atoms with Crippen molar-refractivity contribution in [3.8, 4) is 17.2 Å². The Balaban J connectivity index is 1.14. The van der Waals surface area contributed by atoms with Crippen LogP contribution >= 0.6 is 0 Å². The molecule has 0 aliphatic carbocycles. The normalized spacial score (nSPS) is 21.4. The van der Waals surface area contributed by atoms with Gasteiger partial charge in [0, 0.05) is 62.1 Å². The quantitative estimate of drug-likeness (QED) is 0.421. The van der Waals surface area contributed by atoms with Crippen molar-refractivity contribution in [1.29, 1.82) is 0 Å². The molecule has 12 nitrogen and oxygen atoms in total. The minimum atomic E-state index is -0.610. The lowest BCUT2D eigenvalue weighted by Gasteiger charge is -2.39. The van der Waals surface area contributed by atoms with Crippen molar-refractivity contribution < 1.29 is 42.5 Å². The zero-order valence-corrected chi connectivity index (χ0v) is 28.5. The summed E-state index contributed by atoms with van der Waals surface area (Å²) in [5, 5.41) is 5.99. The molecule has 268 valence electrons. The molecule has 3 aromatic rings. The van der Waals surface area contributed by atoms with E-state index in [0.717, 1.165) is 24.2 Å². The average Bonchev–Trinajstić information content (AvgIpc) is 3.13. The van der Waals surface area contributed by atoms with Crippen LogP contribution in [0.4, 0.5) is 4.39 Å². The lowest BCUT2D eigenvalue weighted by Crippen LogP contribution is -2.58. The van der Waals surface area contributed by atoms with Gasteiger partial charge in [-0.1, -0.05) is 0 Å². The number of nitrogens with one attached hydrogen (secondary N) is 2. The smallest absolute Gasteiger partial charge is 0.254 e. The molecular weight excluding hydrogens is 659 g/mol. The average molecular weight is 701 g/mol. The van der Waals surface area contributed by atoms with Crippen molar-refractivity contribution in [3.63, 3.8) is 0 Å². The van der Waals surface area contributed by atoms with Gasteiger partial charge in [0.1, 0.15) is 23.1 Å². The Labute approximate surface area is 295 Å². The van der Waals surface area contributed by atoms with E-state index >= 15 is 0 Å². The van der Waals surface area contributed by atoms with Gasteiger partial charge in [-0.3, -0.25) is 19.2 Å². The number of likely N-dealkylation sites (N-methyl/N-ethyl adjacent to an activating group) is 1. The Kier molecular flexibility index (Phi) is 10.2. The summed E-state index contributed by atoms with van der Waals surface area (Å²) in [6.07, 6.45) is 2.96. The highest BCUT2D eigenvalue weighted by Gasteiger charge is 2.35. The van der Waals surface area contributed by atoms with Crippen LogP contribution in [-0.2, 0) is 27.3 Å². The van der Waals surface area contributed by atoms with Gasteiger partial charge in [-0.2, -0.15) is 0 Å². The van der Waals surface area contributed by atoms with Crippen LogP contribution in [0.5, 0.6) is 17.2 Å². The van der Waals surface area contributed by atoms with E-state index in [2.05, 4.69) is 10.6 Å². The van der Waals surface area contributed by atoms with E-state index in [-0.39, 0.29) is 54.3 Å². The molecule has 4 aliphatic heterocycles. The summed E-state index contributed by atoms with van der Waals surface area (Å²) in [6, 6.07) is 13.4. The fourth-order valence-corrected chi connectivity index (χ4v) is 7.01. The van der Waals surface area contributed by atoms with E-state index in [0.29, 0.717) is 56.8 Å². The van der Waals surface area contributed by atoms with Gasteiger partial charge in [-0.05, 0) is 91.8 Å². The maximum Gasteiger partial charge on any atom is 0.254 e. The second-order valence-corrected chi connectivity index (χ2v) is 13.5. The van der Waals surface area contributed by atoms with Crippen molar-refractivity contribution in [1.82, 2.24) is 20.4 Å². The van der Waals surface area contributed by atoms with Crippen LogP contribution in [0.15, 0.2) is 54.6 Å². The second kappa shape index (κ2) is 15.1. The standard InChI is InChI=1S/C38H41FN4O8/c1-42-21-35(44)41-32-20-43(38(47)25-4-5-33-24(15-25)3-2-10-49-33)9-6-34(32)50-22-23-13-28(39)19-30(14-23)51-31-17-26(16-27(18-31)37(42)46)36(45)40-29-7-11-48-12-8-29/h4-5,13-19,29,32,34H,2-3,6-12,20-22H2,1H3,(H,40,45)(H,41,44)/t32-,34+/m1/s1. The molecule has 3 aromatic carbocycles. The number of likely N-dealkylation sites (tertiary alicyclic amines) is 1. The van der Waals surface area contributed by atoms with Crippen LogP contribution in [0, 0.1) is 5.82 Å². The van der Waals surface area contributed by atoms with Crippen molar-refractivity contribution >= 4 is 23.6 Å². The van der Waals surface area contributed by atoms with Crippen molar-refractivity contribution in [2.24, 2.45) is 0 Å². The van der Waals surface area contributed by atoms with E-state index in [9.17, 15) is 23.6 Å². The van der Waals surface area contributed by atoms with Crippen LogP contribution in [0.2, 0.25) is 0 Å². The third-order valence-electron chi connectivity index (χ3n) is 9.67. The number of benzene rings is 3. The molecule has 2 atom stereocenters. The molecule has 0 saturated carbocycles. The minimum Gasteiger partial charge on any atom is -0.493 e. The number of halogens is 1. The fourth-order valence-electron chi connectivity index (χ4n) is 7.01. The van der Waals surface area contributed by atoms with Gasteiger partial charge < -0.3 is 39.4 Å². The summed E-state index contributed by atoms with van der Waals surface area (Å²) >= 11 is 0. The number of nitrogens with zero attached hydrogens (tertiary/aromatic N) is 2. The molecule has 0 aromatic heterocycles. The summed E-state index contributed by atoms with van der Waals surface area (Å²) in [5.74, 6) is -0.978. The van der Waals surface area contributed by atoms with Gasteiger partial charge in [0.05, 0.1) is 31.9 Å². The molecule has 0 unspecified atom stereocenters. The maximum atomic E-state index is 14.9. The minimum absolute atomic E-state index is 0.0150. The number of hydrogen-bond donors (Lipinski definition) is 2. The van der Waals surface area contributed by atoms with Crippen LogP contribution < -0.4 is 20.1 Å². The summed E-state index contributed by atoms with van der Waals surface area (Å²) in [5.41, 5.74) is 2.32. The van der Waals surface area contributed by atoms with Gasteiger partial charge in [-0.15, -0.1) is 0 Å². The van der Waals surface area contributed by atoms with Crippen LogP contribution in [0.25, 0.3) is 0 Å². The molecule has 13 heteroatoms. The molecular formula is C38H41FN4O8. The third-order valence-corrected chi connectivity index (χ3v) is 9.67. The van der Waals surface area contributed by atoms with Crippen molar-refractivity contribution in [2.75, 3.05) is 46.5 Å². The van der Waals surface area contributed by atoms with Crippen molar-refractivity contribution in [2.45, 2.75) is 56.9 Å². The van der Waals surface area contributed by atoms with Gasteiger partial charge >= 0.3 is 0 Å². The van der Waals surface area contributed by atoms with Gasteiger partial charge in [0.25, 0.3) is 17.7 Å². The highest BCUT2D eigenvalue weighted by Crippen LogP contribution is 2.29. The first-order chi connectivity index (χ1) is 24.7. The van der Waals surface area contributed by atoms with Crippen LogP contribution in [0.3, 0.4) is 0 Å². The molecule has 7 rings (SSSR count). The van der Waals surface area contributed by atoms with Gasteiger partial charge in [-0.25, -0.2) is 4.39 Å². The highest BCUT2D eigenvalue weighted by atomic mass is 19.1. The van der Waals surface area contributed by atoms with Gasteiger partial charge in [0.15, 0.2) is 0 Å². The van der Waals surface area contributed by atoms with E-state index in [1.807, 2.05) is 12.1 Å². The fraction of sp³-hybridized carbons (Fsp3) is 0.421. The zero-order valence-electron chi connectivity index (χ0n) is 28.5. The molecule has 4 aliphatic rings. The number of aryl methyl sites for hydroxylation is 1. The zero-order chi connectivity index (χ0) is 35.5. The number of piperidine rings is 1. The van der Waals surface area contributed by atoms with E-state index < -0.39 is 35.7 Å². The number of amides is 4. The predicted octanol–water partition coefficient (Wildman–Crippen LogP) is 3.85. The Morgan fingerprint density at radius 2 is 1.76 bits per heavy atom. The number of rotatable bonds is 3. The number of ether oxygens (including phenoxy) is 4. The Hall–Kier alpha value is -5.01. The first-order valence-electron chi connectivity index (χ1n) is 17.4. The highest BCUT2D eigenvalue weighted by molar-refractivity contribution is 6.01. The molecule has 0 radical (unpaired) electrons. The number of fused-ring (bicyclic) bond motifs is 6. The van der Waals surface area contributed by atoms with Crippen molar-refractivity contribution in [3.05, 3.63) is 88.2 Å². The van der Waals surface area contributed by atoms with Crippen LogP contribution in [-0.4, -0.2) is 98.1 Å². The Morgan fingerprint density at radius 3 is 2.61 bits per heavy atom. The number of carbonyl (C=O) groups is 4. The molecule has 4 bridgehead atoms. The number of hydrogen-bond acceptors (Lipinski definition) is 8. The first-order valence-corrected chi connectivity index (χ1v) is 17.4. The monoisotopic (exact) mass is 700 g/mol. The third kappa shape index (κ3) is 8.15. The molecule has 51 heavy (non-hydrogen) atoms. The predicted molar refractivity (Wildman–Crippen MR) is 182 cm³/mol. The second-order valence-electron chi connectivity index (χ2n) is 13.5. The topological polar surface area (TPSA) is 136 Å². The van der Waals surface area contributed by atoms with Gasteiger partial charge in [0.2, 0.25) is 5.91 Å². The summed E-state index contributed by atoms with van der Waals surface area (Å²) in [6.45, 7) is 2.01. The molecule has 2 N–H and O–H groups in total. The van der Waals surface area contributed by atoms with Crippen LogP contribution in [0.1, 0.15) is 67.9 Å². The number of carbonyl (C=O) groups excluding carboxylic acids is 4. The van der Waals surface area contributed by atoms with E-state index in [1.165, 1.54) is 42.3 Å². The first kappa shape index (κ1) is 34.4. The lowest BCUT2D eigenvalue weighted by atomic mass is 9.99. The van der Waals surface area contributed by atoms with E-state index in [4.69, 9.17) is 18.9 Å². The summed E-state index contributed by atoms with van der Waals surface area (Å²) in [7, 11) is 1.49. The molecule has 2 fully saturated rings. The maximum absolute atomic E-state index is 14.9. The molecule has 4 heterocycles. The summed E-state index contributed by atoms with van der Waals surface area (Å²) in [4.78, 5) is 57.2. The summed E-state index contributed by atoms with van der Waals surface area (Å²) < 4.78 is 38.3. The Bertz CT molecular complexity index is 1830. The van der Waals surface area contributed by atoms with E-state index in [1.54, 1.807) is 17.0 Å².